The molecule has 0 spiro atoms. The van der Waals surface area contributed by atoms with Crippen molar-refractivity contribution < 1.29 is 18.8 Å². The van der Waals surface area contributed by atoms with Crippen LogP contribution < -0.4 is 10.1 Å². The zero-order chi connectivity index (χ0) is 19.7. The Hall–Kier alpha value is -3.68. The maximum Gasteiger partial charge on any atom is 0.325 e. The van der Waals surface area contributed by atoms with Gasteiger partial charge in [-0.3, -0.25) is 9.69 Å². The van der Waals surface area contributed by atoms with E-state index >= 15 is 0 Å². The molecule has 1 unspecified atom stereocenters. The summed E-state index contributed by atoms with van der Waals surface area (Å²) in [5.74, 6) is 0.782. The summed E-state index contributed by atoms with van der Waals surface area (Å²) in [4.78, 5) is 30.9. The van der Waals surface area contributed by atoms with E-state index in [9.17, 15) is 9.59 Å². The topological polar surface area (TPSA) is 97.6 Å². The summed E-state index contributed by atoms with van der Waals surface area (Å²) in [7, 11) is 1.54. The number of ether oxygens (including phenoxy) is 1. The number of carbonyl (C=O) groups is 2. The highest BCUT2D eigenvalue weighted by Gasteiger charge is 2.49. The number of aromatic nitrogens is 2. The van der Waals surface area contributed by atoms with Crippen LogP contribution in [-0.4, -0.2) is 34.1 Å². The average molecular weight is 378 g/mol. The molecule has 1 fully saturated rings. The Morgan fingerprint density at radius 2 is 1.93 bits per heavy atom. The van der Waals surface area contributed by atoms with E-state index < -0.39 is 17.5 Å². The number of hydrogen-bond acceptors (Lipinski definition) is 6. The minimum absolute atomic E-state index is 0.107. The summed E-state index contributed by atoms with van der Waals surface area (Å²) < 4.78 is 10.5. The highest BCUT2D eigenvalue weighted by atomic mass is 16.5. The van der Waals surface area contributed by atoms with Crippen LogP contribution in [0.3, 0.4) is 0 Å². The number of methoxy groups -OCH3 is 1. The monoisotopic (exact) mass is 378 g/mol. The molecule has 3 amide bonds. The molecule has 0 bridgehead atoms. The number of nitrogens with zero attached hydrogens (tertiary/aromatic N) is 3. The number of benzene rings is 2. The number of amides is 3. The molecule has 8 nitrogen and oxygen atoms in total. The molecule has 4 rings (SSSR count). The molecule has 0 saturated carbocycles. The molecule has 2 aromatic carbocycles. The second-order valence-corrected chi connectivity index (χ2v) is 6.56. The molecule has 28 heavy (non-hydrogen) atoms. The van der Waals surface area contributed by atoms with E-state index in [0.717, 1.165) is 10.5 Å². The summed E-state index contributed by atoms with van der Waals surface area (Å²) >= 11 is 0. The highest BCUT2D eigenvalue weighted by molar-refractivity contribution is 6.07. The Bertz CT molecular complexity index is 1030. The van der Waals surface area contributed by atoms with E-state index in [1.165, 1.54) is 0 Å². The van der Waals surface area contributed by atoms with Gasteiger partial charge in [-0.2, -0.15) is 4.98 Å². The van der Waals surface area contributed by atoms with E-state index in [0.29, 0.717) is 17.1 Å². The lowest BCUT2D eigenvalue weighted by molar-refractivity contribution is -0.131. The van der Waals surface area contributed by atoms with Crippen LogP contribution >= 0.6 is 0 Å². The van der Waals surface area contributed by atoms with Crippen molar-refractivity contribution in [3.05, 3.63) is 66.1 Å². The predicted octanol–water partition coefficient (Wildman–Crippen LogP) is 2.71. The number of imide groups is 1. The van der Waals surface area contributed by atoms with E-state index in [2.05, 4.69) is 15.5 Å². The van der Waals surface area contributed by atoms with Gasteiger partial charge in [-0.15, -0.1) is 0 Å². The van der Waals surface area contributed by atoms with Gasteiger partial charge >= 0.3 is 6.03 Å². The molecule has 142 valence electrons. The molecule has 1 atom stereocenters. The van der Waals surface area contributed by atoms with Crippen molar-refractivity contribution in [2.45, 2.75) is 19.0 Å². The van der Waals surface area contributed by atoms with E-state index in [1.807, 2.05) is 30.3 Å². The highest BCUT2D eigenvalue weighted by Crippen LogP contribution is 2.31. The molecule has 8 heteroatoms. The van der Waals surface area contributed by atoms with Gasteiger partial charge in [0.2, 0.25) is 11.7 Å². The molecule has 0 aliphatic carbocycles. The van der Waals surface area contributed by atoms with Crippen LogP contribution in [0.2, 0.25) is 0 Å². The first kappa shape index (κ1) is 17.7. The lowest BCUT2D eigenvalue weighted by Gasteiger charge is -2.22. The van der Waals surface area contributed by atoms with Crippen LogP contribution in [-0.2, 0) is 16.9 Å². The molecule has 0 radical (unpaired) electrons. The summed E-state index contributed by atoms with van der Waals surface area (Å²) in [6.45, 7) is 1.55. The molecule has 1 aliphatic rings. The summed E-state index contributed by atoms with van der Waals surface area (Å²) in [6.07, 6.45) is 0. The van der Waals surface area contributed by atoms with Gasteiger partial charge in [0.05, 0.1) is 7.11 Å². The largest absolute Gasteiger partial charge is 0.497 e. The first-order valence-corrected chi connectivity index (χ1v) is 8.68. The first-order chi connectivity index (χ1) is 13.5. The summed E-state index contributed by atoms with van der Waals surface area (Å²) in [5, 5.41) is 6.67. The van der Waals surface area contributed by atoms with Crippen molar-refractivity contribution in [1.82, 2.24) is 20.4 Å². The summed E-state index contributed by atoms with van der Waals surface area (Å²) in [6, 6.07) is 15.8. The fourth-order valence-electron chi connectivity index (χ4n) is 3.13. The Morgan fingerprint density at radius 3 is 2.68 bits per heavy atom. The smallest absolute Gasteiger partial charge is 0.325 e. The number of carbonyl (C=O) groups excluding carboxylic acids is 2. The minimum atomic E-state index is -1.20. The van der Waals surface area contributed by atoms with Gasteiger partial charge in [0.25, 0.3) is 5.91 Å². The van der Waals surface area contributed by atoms with E-state index in [4.69, 9.17) is 9.26 Å². The van der Waals surface area contributed by atoms with Crippen LogP contribution in [0, 0.1) is 0 Å². The molecular weight excluding hydrogens is 360 g/mol. The maximum atomic E-state index is 13.0. The normalized spacial score (nSPS) is 19.0. The van der Waals surface area contributed by atoms with Crippen LogP contribution in [0.25, 0.3) is 11.4 Å². The van der Waals surface area contributed by atoms with Crippen LogP contribution in [0.1, 0.15) is 18.4 Å². The predicted molar refractivity (Wildman–Crippen MR) is 99.2 cm³/mol. The second kappa shape index (κ2) is 6.80. The van der Waals surface area contributed by atoms with Crippen LogP contribution in [0.15, 0.2) is 59.1 Å². The number of urea groups is 1. The van der Waals surface area contributed by atoms with Crippen molar-refractivity contribution in [2.75, 3.05) is 7.11 Å². The van der Waals surface area contributed by atoms with E-state index in [-0.39, 0.29) is 12.4 Å². The fourth-order valence-corrected chi connectivity index (χ4v) is 3.13. The molecule has 3 aromatic rings. The Morgan fingerprint density at radius 1 is 1.14 bits per heavy atom. The van der Waals surface area contributed by atoms with Crippen LogP contribution in [0.5, 0.6) is 5.75 Å². The molecular formula is C20H18N4O4. The van der Waals surface area contributed by atoms with E-state index in [1.54, 1.807) is 38.3 Å². The van der Waals surface area contributed by atoms with Crippen molar-refractivity contribution >= 4 is 11.9 Å². The van der Waals surface area contributed by atoms with Crippen molar-refractivity contribution in [3.8, 4) is 17.1 Å². The third-order valence-electron chi connectivity index (χ3n) is 4.72. The van der Waals surface area contributed by atoms with Gasteiger partial charge in [0, 0.05) is 5.56 Å². The number of nitrogens with one attached hydrogen (secondary N) is 1. The van der Waals surface area contributed by atoms with Crippen LogP contribution in [0.4, 0.5) is 4.79 Å². The Balaban J connectivity index is 1.57. The van der Waals surface area contributed by atoms with Gasteiger partial charge < -0.3 is 14.6 Å². The lowest BCUT2D eigenvalue weighted by atomic mass is 9.92. The molecule has 1 aromatic heterocycles. The second-order valence-electron chi connectivity index (χ2n) is 6.56. The standard InChI is InChI=1S/C20H18N4O4/c1-20(14-9-6-10-15(11-14)27-2)18(25)24(19(26)22-20)12-16-21-17(23-28-16)13-7-4-3-5-8-13/h3-11H,12H2,1-2H3,(H,22,26). The lowest BCUT2D eigenvalue weighted by Crippen LogP contribution is -2.40. The van der Waals surface area contributed by atoms with Crippen molar-refractivity contribution in [2.24, 2.45) is 0 Å². The number of rotatable bonds is 5. The quantitative estimate of drug-likeness (QED) is 0.686. The van der Waals surface area contributed by atoms with Gasteiger partial charge in [-0.1, -0.05) is 47.6 Å². The van der Waals surface area contributed by atoms with Gasteiger partial charge in [0.1, 0.15) is 17.8 Å². The Kier molecular flexibility index (Phi) is 4.31. The number of hydrogen-bond donors (Lipinski definition) is 1. The molecule has 1 saturated heterocycles. The fraction of sp³-hybridized carbons (Fsp3) is 0.200. The third-order valence-corrected chi connectivity index (χ3v) is 4.72. The Labute approximate surface area is 161 Å². The first-order valence-electron chi connectivity index (χ1n) is 8.68. The van der Waals surface area contributed by atoms with Gasteiger partial charge in [0.15, 0.2) is 0 Å². The zero-order valence-corrected chi connectivity index (χ0v) is 15.4. The SMILES string of the molecule is COc1cccc(C2(C)NC(=O)N(Cc3nc(-c4ccccc4)no3)C2=O)c1. The van der Waals surface area contributed by atoms with Gasteiger partial charge in [-0.25, -0.2) is 4.79 Å². The minimum Gasteiger partial charge on any atom is -0.497 e. The molecule has 2 heterocycles. The zero-order valence-electron chi connectivity index (χ0n) is 15.4. The van der Waals surface area contributed by atoms with Crippen molar-refractivity contribution in [1.29, 1.82) is 0 Å². The average Bonchev–Trinajstić information content (AvgIpc) is 3.28. The molecule has 1 aliphatic heterocycles. The van der Waals surface area contributed by atoms with Crippen molar-refractivity contribution in [3.63, 3.8) is 0 Å². The third kappa shape index (κ3) is 2.98. The summed E-state index contributed by atoms with van der Waals surface area (Å²) in [5.41, 5.74) is 0.215. The molecule has 1 N–H and O–H groups in total. The van der Waals surface area contributed by atoms with Gasteiger partial charge in [-0.05, 0) is 24.6 Å². The maximum absolute atomic E-state index is 13.0.